The van der Waals surface area contributed by atoms with Crippen LogP contribution in [0.2, 0.25) is 0 Å². The molecule has 168 valence electrons. The normalized spacial score (nSPS) is 14.1. The van der Waals surface area contributed by atoms with Gasteiger partial charge in [-0.3, -0.25) is 4.79 Å². The Morgan fingerprint density at radius 1 is 1.06 bits per heavy atom. The van der Waals surface area contributed by atoms with Gasteiger partial charge in [-0.1, -0.05) is 0 Å². The van der Waals surface area contributed by atoms with E-state index in [0.29, 0.717) is 37.8 Å². The van der Waals surface area contributed by atoms with Crippen LogP contribution in [0.25, 0.3) is 11.0 Å². The SMILES string of the molecule is CC(C)n1ncc2cc(NC(=O)NCCC(=O)N3CCN(c4ncccn4)CC3)cnc21. The molecule has 3 amide bonds. The van der Waals surface area contributed by atoms with Crippen molar-refractivity contribution in [2.75, 3.05) is 42.9 Å². The second kappa shape index (κ2) is 9.58. The van der Waals surface area contributed by atoms with Crippen LogP contribution in [-0.4, -0.2) is 74.3 Å². The van der Waals surface area contributed by atoms with Crippen LogP contribution in [0.15, 0.2) is 36.9 Å². The minimum Gasteiger partial charge on any atom is -0.339 e. The highest BCUT2D eigenvalue weighted by Gasteiger charge is 2.22. The molecule has 4 heterocycles. The third-order valence-electron chi connectivity index (χ3n) is 5.27. The molecule has 0 aliphatic carbocycles. The van der Waals surface area contributed by atoms with Gasteiger partial charge in [0.05, 0.1) is 18.1 Å². The van der Waals surface area contributed by atoms with E-state index >= 15 is 0 Å². The first-order valence-electron chi connectivity index (χ1n) is 10.7. The molecule has 11 heteroatoms. The molecule has 4 rings (SSSR count). The Morgan fingerprint density at radius 2 is 1.81 bits per heavy atom. The van der Waals surface area contributed by atoms with E-state index in [4.69, 9.17) is 0 Å². The number of carbonyl (C=O) groups excluding carboxylic acids is 2. The summed E-state index contributed by atoms with van der Waals surface area (Å²) >= 11 is 0. The summed E-state index contributed by atoms with van der Waals surface area (Å²) in [4.78, 5) is 41.4. The maximum absolute atomic E-state index is 12.5. The summed E-state index contributed by atoms with van der Waals surface area (Å²) in [6.07, 6.45) is 7.00. The van der Waals surface area contributed by atoms with Crippen molar-refractivity contribution >= 4 is 34.6 Å². The van der Waals surface area contributed by atoms with Crippen molar-refractivity contribution in [1.29, 1.82) is 0 Å². The van der Waals surface area contributed by atoms with Gasteiger partial charge in [0.25, 0.3) is 0 Å². The highest BCUT2D eigenvalue weighted by Crippen LogP contribution is 2.19. The van der Waals surface area contributed by atoms with Crippen molar-refractivity contribution in [2.45, 2.75) is 26.3 Å². The summed E-state index contributed by atoms with van der Waals surface area (Å²) in [5, 5.41) is 10.7. The maximum atomic E-state index is 12.5. The Bertz CT molecular complexity index is 1080. The predicted octanol–water partition coefficient (Wildman–Crippen LogP) is 1.66. The molecule has 1 aliphatic rings. The number of nitrogens with zero attached hydrogens (tertiary/aromatic N) is 7. The third-order valence-corrected chi connectivity index (χ3v) is 5.27. The summed E-state index contributed by atoms with van der Waals surface area (Å²) in [5.41, 5.74) is 1.35. The Morgan fingerprint density at radius 3 is 2.53 bits per heavy atom. The largest absolute Gasteiger partial charge is 0.339 e. The quantitative estimate of drug-likeness (QED) is 0.601. The smallest absolute Gasteiger partial charge is 0.319 e. The molecule has 2 N–H and O–H groups in total. The molecular weight excluding hydrogens is 410 g/mol. The zero-order valence-electron chi connectivity index (χ0n) is 18.2. The van der Waals surface area contributed by atoms with Crippen molar-refractivity contribution in [3.05, 3.63) is 36.9 Å². The van der Waals surface area contributed by atoms with Crippen LogP contribution in [0.3, 0.4) is 0 Å². The van der Waals surface area contributed by atoms with Gasteiger partial charge in [0.1, 0.15) is 0 Å². The van der Waals surface area contributed by atoms with Gasteiger partial charge in [-0.15, -0.1) is 0 Å². The summed E-state index contributed by atoms with van der Waals surface area (Å²) in [6, 6.07) is 3.44. The topological polar surface area (TPSA) is 121 Å². The number of piperazine rings is 1. The van der Waals surface area contributed by atoms with E-state index in [2.05, 4.69) is 35.6 Å². The second-order valence-corrected chi connectivity index (χ2v) is 7.87. The Labute approximate surface area is 185 Å². The maximum Gasteiger partial charge on any atom is 0.319 e. The lowest BCUT2D eigenvalue weighted by Gasteiger charge is -2.34. The monoisotopic (exact) mass is 437 g/mol. The van der Waals surface area contributed by atoms with Gasteiger partial charge in [-0.25, -0.2) is 24.4 Å². The summed E-state index contributed by atoms with van der Waals surface area (Å²) in [5.74, 6) is 0.699. The van der Waals surface area contributed by atoms with Crippen LogP contribution in [-0.2, 0) is 4.79 Å². The average molecular weight is 438 g/mol. The number of rotatable bonds is 6. The van der Waals surface area contributed by atoms with Crippen LogP contribution in [0.4, 0.5) is 16.4 Å². The van der Waals surface area contributed by atoms with E-state index in [9.17, 15) is 9.59 Å². The van der Waals surface area contributed by atoms with Gasteiger partial charge in [0, 0.05) is 63.0 Å². The lowest BCUT2D eigenvalue weighted by atomic mass is 10.3. The van der Waals surface area contributed by atoms with E-state index in [1.165, 1.54) is 0 Å². The zero-order valence-corrected chi connectivity index (χ0v) is 18.2. The third kappa shape index (κ3) is 4.93. The van der Waals surface area contributed by atoms with E-state index in [1.54, 1.807) is 30.9 Å². The van der Waals surface area contributed by atoms with E-state index in [1.807, 2.05) is 29.5 Å². The number of amides is 3. The van der Waals surface area contributed by atoms with Gasteiger partial charge in [0.2, 0.25) is 11.9 Å². The van der Waals surface area contributed by atoms with Crippen LogP contribution < -0.4 is 15.5 Å². The lowest BCUT2D eigenvalue weighted by Crippen LogP contribution is -2.49. The highest BCUT2D eigenvalue weighted by molar-refractivity contribution is 5.91. The minimum atomic E-state index is -0.374. The molecule has 1 aliphatic heterocycles. The number of urea groups is 1. The van der Waals surface area contributed by atoms with Crippen LogP contribution in [0, 0.1) is 0 Å². The van der Waals surface area contributed by atoms with Gasteiger partial charge in [-0.2, -0.15) is 5.10 Å². The van der Waals surface area contributed by atoms with E-state index in [0.717, 1.165) is 11.0 Å². The summed E-state index contributed by atoms with van der Waals surface area (Å²) in [6.45, 7) is 6.92. The van der Waals surface area contributed by atoms with Crippen LogP contribution in [0.1, 0.15) is 26.3 Å². The molecular formula is C21H27N9O2. The molecule has 1 saturated heterocycles. The minimum absolute atomic E-state index is 0.0168. The predicted molar refractivity (Wildman–Crippen MR) is 120 cm³/mol. The van der Waals surface area contributed by atoms with Crippen LogP contribution >= 0.6 is 0 Å². The van der Waals surface area contributed by atoms with Crippen molar-refractivity contribution in [3.63, 3.8) is 0 Å². The lowest BCUT2D eigenvalue weighted by molar-refractivity contribution is -0.131. The first kappa shape index (κ1) is 21.5. The van der Waals surface area contributed by atoms with Crippen molar-refractivity contribution in [1.82, 2.24) is 34.9 Å². The molecule has 0 bridgehead atoms. The molecule has 0 spiro atoms. The van der Waals surface area contributed by atoms with Crippen LogP contribution in [0.5, 0.6) is 0 Å². The van der Waals surface area contributed by atoms with E-state index < -0.39 is 0 Å². The van der Waals surface area contributed by atoms with Gasteiger partial charge >= 0.3 is 6.03 Å². The zero-order chi connectivity index (χ0) is 22.5. The van der Waals surface area contributed by atoms with Crippen molar-refractivity contribution < 1.29 is 9.59 Å². The second-order valence-electron chi connectivity index (χ2n) is 7.87. The van der Waals surface area contributed by atoms with Gasteiger partial charge in [0.15, 0.2) is 5.65 Å². The Hall–Kier alpha value is -3.76. The van der Waals surface area contributed by atoms with Crippen molar-refractivity contribution in [3.8, 4) is 0 Å². The average Bonchev–Trinajstić information content (AvgIpc) is 3.23. The molecule has 1 fully saturated rings. The molecule has 11 nitrogen and oxygen atoms in total. The fourth-order valence-corrected chi connectivity index (χ4v) is 3.61. The molecule has 0 unspecified atom stereocenters. The van der Waals surface area contributed by atoms with Crippen molar-refractivity contribution in [2.24, 2.45) is 0 Å². The number of hydrogen-bond acceptors (Lipinski definition) is 7. The number of carbonyl (C=O) groups is 2. The standard InChI is InChI=1S/C21H27N9O2/c1-15(2)30-19-16(13-26-30)12-17(14-25-19)27-21(32)24-7-4-18(31)28-8-10-29(11-9-28)20-22-5-3-6-23-20/h3,5-6,12-15H,4,7-11H2,1-2H3,(H2,24,27,32). The molecule has 0 aromatic carbocycles. The number of hydrogen-bond donors (Lipinski definition) is 2. The molecule has 0 saturated carbocycles. The summed E-state index contributed by atoms with van der Waals surface area (Å²) < 4.78 is 1.83. The summed E-state index contributed by atoms with van der Waals surface area (Å²) in [7, 11) is 0. The van der Waals surface area contributed by atoms with E-state index in [-0.39, 0.29) is 30.9 Å². The molecule has 3 aromatic rings. The highest BCUT2D eigenvalue weighted by atomic mass is 16.2. The Kier molecular flexibility index (Phi) is 6.43. The molecule has 3 aromatic heterocycles. The fourth-order valence-electron chi connectivity index (χ4n) is 3.61. The Balaban J connectivity index is 1.20. The first-order valence-corrected chi connectivity index (χ1v) is 10.7. The number of aromatic nitrogens is 5. The van der Waals surface area contributed by atoms with Gasteiger partial charge < -0.3 is 20.4 Å². The van der Waals surface area contributed by atoms with Gasteiger partial charge in [-0.05, 0) is 26.0 Å². The molecule has 0 radical (unpaired) electrons. The fraction of sp³-hybridized carbons (Fsp3) is 0.429. The first-order chi connectivity index (χ1) is 15.5. The molecule has 0 atom stereocenters. The molecule has 32 heavy (non-hydrogen) atoms. The number of nitrogens with one attached hydrogen (secondary N) is 2. The number of fused-ring (bicyclic) bond motifs is 1. The number of pyridine rings is 1. The number of anilines is 2.